The molecule has 7 nitrogen and oxygen atoms in total. The van der Waals surface area contributed by atoms with Crippen molar-refractivity contribution in [1.82, 2.24) is 15.3 Å². The van der Waals surface area contributed by atoms with Gasteiger partial charge in [-0.2, -0.15) is 0 Å². The fraction of sp³-hybridized carbons (Fsp3) is 0.269. The van der Waals surface area contributed by atoms with Crippen molar-refractivity contribution in [3.63, 3.8) is 0 Å². The van der Waals surface area contributed by atoms with Gasteiger partial charge in [-0.25, -0.2) is 9.97 Å². The van der Waals surface area contributed by atoms with E-state index in [1.54, 1.807) is 19.2 Å². The summed E-state index contributed by atoms with van der Waals surface area (Å²) < 4.78 is 11.4. The third-order valence-electron chi connectivity index (χ3n) is 5.01. The molecule has 3 rings (SSSR count). The maximum absolute atomic E-state index is 12.0. The molecule has 0 fully saturated rings. The minimum Gasteiger partial charge on any atom is -0.493 e. The number of carbonyl (C=O) groups excluding carboxylic acids is 1. The summed E-state index contributed by atoms with van der Waals surface area (Å²) in [4.78, 5) is 20.8. The van der Waals surface area contributed by atoms with Crippen LogP contribution in [0.25, 0.3) is 10.9 Å². The number of unbranched alkanes of at least 4 members (excludes halogenated alkanes) is 1. The van der Waals surface area contributed by atoms with Crippen molar-refractivity contribution in [3.05, 3.63) is 72.1 Å². The molecule has 178 valence electrons. The summed E-state index contributed by atoms with van der Waals surface area (Å²) in [5, 5.41) is 7.57. The van der Waals surface area contributed by atoms with Crippen molar-refractivity contribution < 1.29 is 14.3 Å². The van der Waals surface area contributed by atoms with Crippen LogP contribution >= 0.6 is 11.6 Å². The topological polar surface area (TPSA) is 85.4 Å². The van der Waals surface area contributed by atoms with Gasteiger partial charge in [0.25, 0.3) is 0 Å². The van der Waals surface area contributed by atoms with Gasteiger partial charge in [-0.05, 0) is 49.1 Å². The fourth-order valence-electron chi connectivity index (χ4n) is 3.26. The molecule has 0 aliphatic heterocycles. The molecule has 0 saturated carbocycles. The van der Waals surface area contributed by atoms with Gasteiger partial charge in [0.15, 0.2) is 11.5 Å². The molecule has 0 unspecified atom stereocenters. The number of aromatic nitrogens is 2. The number of allylic oxidation sites excluding steroid dienone is 2. The van der Waals surface area contributed by atoms with Crippen molar-refractivity contribution in [3.8, 4) is 11.5 Å². The Morgan fingerprint density at radius 3 is 2.82 bits per heavy atom. The number of methoxy groups -OCH3 is 1. The molecule has 2 aromatic carbocycles. The Bertz CT molecular complexity index is 1180. The van der Waals surface area contributed by atoms with E-state index >= 15 is 0 Å². The molecule has 8 heteroatoms. The van der Waals surface area contributed by atoms with E-state index in [1.807, 2.05) is 37.3 Å². The Labute approximate surface area is 204 Å². The molecular weight excluding hydrogens is 452 g/mol. The lowest BCUT2D eigenvalue weighted by Crippen LogP contribution is -2.20. The molecule has 0 saturated heterocycles. The minimum atomic E-state index is -0.152. The number of hydrogen-bond acceptors (Lipinski definition) is 6. The summed E-state index contributed by atoms with van der Waals surface area (Å²) in [6.07, 6.45) is 9.21. The number of hydrogen-bond donors (Lipinski definition) is 2. The highest BCUT2D eigenvalue weighted by atomic mass is 35.5. The number of halogens is 1. The first-order valence-electron chi connectivity index (χ1n) is 11.1. The van der Waals surface area contributed by atoms with Crippen LogP contribution in [0.4, 0.5) is 11.5 Å². The van der Waals surface area contributed by atoms with Gasteiger partial charge in [0.05, 0.1) is 19.2 Å². The molecule has 0 aliphatic rings. The number of anilines is 2. The monoisotopic (exact) mass is 480 g/mol. The van der Waals surface area contributed by atoms with Crippen LogP contribution in [-0.4, -0.2) is 29.6 Å². The predicted octanol–water partition coefficient (Wildman–Crippen LogP) is 5.96. The van der Waals surface area contributed by atoms with Crippen molar-refractivity contribution >= 4 is 39.9 Å². The van der Waals surface area contributed by atoms with Gasteiger partial charge in [0, 0.05) is 28.7 Å². The second-order valence-electron chi connectivity index (χ2n) is 7.48. The van der Waals surface area contributed by atoms with Crippen LogP contribution < -0.4 is 20.1 Å². The van der Waals surface area contributed by atoms with E-state index in [4.69, 9.17) is 21.1 Å². The van der Waals surface area contributed by atoms with Crippen LogP contribution in [0.1, 0.15) is 31.7 Å². The van der Waals surface area contributed by atoms with Gasteiger partial charge in [-0.1, -0.05) is 36.7 Å². The first-order chi connectivity index (χ1) is 16.5. The van der Waals surface area contributed by atoms with Gasteiger partial charge in [-0.15, -0.1) is 6.58 Å². The third-order valence-corrected chi connectivity index (χ3v) is 5.25. The number of carbonyl (C=O) groups is 1. The summed E-state index contributed by atoms with van der Waals surface area (Å²) in [6, 6.07) is 9.15. The Kier molecular flexibility index (Phi) is 9.29. The average Bonchev–Trinajstić information content (AvgIpc) is 2.84. The van der Waals surface area contributed by atoms with Gasteiger partial charge in [0.1, 0.15) is 12.1 Å². The zero-order valence-corrected chi connectivity index (χ0v) is 20.2. The summed E-state index contributed by atoms with van der Waals surface area (Å²) in [6.45, 7) is 6.59. The lowest BCUT2D eigenvalue weighted by molar-refractivity contribution is -0.116. The SMILES string of the molecule is C=CCCCOc1cc2c(Nc3cc(Cl)ccc3CNC(=O)C=CCC)ncnc2cc1OC. The molecule has 0 radical (unpaired) electrons. The zero-order valence-electron chi connectivity index (χ0n) is 19.4. The quantitative estimate of drug-likeness (QED) is 0.189. The minimum absolute atomic E-state index is 0.152. The Hall–Kier alpha value is -3.58. The fourth-order valence-corrected chi connectivity index (χ4v) is 3.43. The molecule has 1 amide bonds. The molecule has 0 spiro atoms. The number of nitrogens with zero attached hydrogens (tertiary/aromatic N) is 2. The van der Waals surface area contributed by atoms with Crippen molar-refractivity contribution in [1.29, 1.82) is 0 Å². The summed E-state index contributed by atoms with van der Waals surface area (Å²) >= 11 is 6.27. The largest absolute Gasteiger partial charge is 0.493 e. The van der Waals surface area contributed by atoms with Gasteiger partial charge >= 0.3 is 0 Å². The molecule has 0 aliphatic carbocycles. The van der Waals surface area contributed by atoms with E-state index in [-0.39, 0.29) is 5.91 Å². The summed E-state index contributed by atoms with van der Waals surface area (Å²) in [5.41, 5.74) is 2.30. The number of rotatable bonds is 12. The Morgan fingerprint density at radius 1 is 1.21 bits per heavy atom. The molecule has 2 N–H and O–H groups in total. The highest BCUT2D eigenvalue weighted by Gasteiger charge is 2.13. The standard InChI is InChI=1S/C26H29ClN4O3/c1-4-6-8-12-34-24-14-20-22(15-23(24)33-3)29-17-30-26(20)31-21-13-19(27)11-10-18(21)16-28-25(32)9-7-5-2/h4,7,9-11,13-15,17H,1,5-6,8,12,16H2,2-3H3,(H,28,32)(H,29,30,31). The van der Waals surface area contributed by atoms with E-state index in [9.17, 15) is 4.79 Å². The number of benzene rings is 2. The number of nitrogens with one attached hydrogen (secondary N) is 2. The lowest BCUT2D eigenvalue weighted by atomic mass is 10.1. The first-order valence-corrected chi connectivity index (χ1v) is 11.5. The molecule has 0 bridgehead atoms. The van der Waals surface area contributed by atoms with E-state index in [0.717, 1.165) is 35.9 Å². The number of fused-ring (bicyclic) bond motifs is 1. The predicted molar refractivity (Wildman–Crippen MR) is 137 cm³/mol. The summed E-state index contributed by atoms with van der Waals surface area (Å²) in [7, 11) is 1.60. The highest BCUT2D eigenvalue weighted by Crippen LogP contribution is 2.35. The molecule has 1 aromatic heterocycles. The second kappa shape index (κ2) is 12.6. The van der Waals surface area contributed by atoms with Crippen molar-refractivity contribution in [2.75, 3.05) is 19.0 Å². The van der Waals surface area contributed by atoms with E-state index in [1.165, 1.54) is 12.4 Å². The van der Waals surface area contributed by atoms with E-state index in [2.05, 4.69) is 27.2 Å². The van der Waals surface area contributed by atoms with Gasteiger partial charge in [-0.3, -0.25) is 4.79 Å². The molecule has 34 heavy (non-hydrogen) atoms. The third kappa shape index (κ3) is 6.71. The van der Waals surface area contributed by atoms with Crippen LogP contribution in [0.15, 0.2) is 61.5 Å². The van der Waals surface area contributed by atoms with Crippen LogP contribution in [0, 0.1) is 0 Å². The number of amides is 1. The van der Waals surface area contributed by atoms with E-state index in [0.29, 0.717) is 41.0 Å². The van der Waals surface area contributed by atoms with Crippen LogP contribution in [0.2, 0.25) is 5.02 Å². The molecule has 0 atom stereocenters. The average molecular weight is 481 g/mol. The number of ether oxygens (including phenoxy) is 2. The zero-order chi connectivity index (χ0) is 24.3. The lowest BCUT2D eigenvalue weighted by Gasteiger charge is -2.16. The molecule has 1 heterocycles. The van der Waals surface area contributed by atoms with Crippen molar-refractivity contribution in [2.24, 2.45) is 0 Å². The smallest absolute Gasteiger partial charge is 0.243 e. The Balaban J connectivity index is 1.90. The van der Waals surface area contributed by atoms with Crippen LogP contribution in [0.3, 0.4) is 0 Å². The van der Waals surface area contributed by atoms with Gasteiger partial charge < -0.3 is 20.1 Å². The van der Waals surface area contributed by atoms with Crippen LogP contribution in [-0.2, 0) is 11.3 Å². The summed E-state index contributed by atoms with van der Waals surface area (Å²) in [5.74, 6) is 1.64. The molecular formula is C26H29ClN4O3. The van der Waals surface area contributed by atoms with Gasteiger partial charge in [0.2, 0.25) is 5.91 Å². The van der Waals surface area contributed by atoms with Crippen LogP contribution in [0.5, 0.6) is 11.5 Å². The normalized spacial score (nSPS) is 10.9. The second-order valence-corrected chi connectivity index (χ2v) is 7.91. The highest BCUT2D eigenvalue weighted by molar-refractivity contribution is 6.30. The molecule has 3 aromatic rings. The maximum Gasteiger partial charge on any atom is 0.243 e. The Morgan fingerprint density at radius 2 is 2.06 bits per heavy atom. The maximum atomic E-state index is 12.0. The van der Waals surface area contributed by atoms with Crippen molar-refractivity contribution in [2.45, 2.75) is 32.7 Å². The first kappa shape index (κ1) is 25.1. The van der Waals surface area contributed by atoms with E-state index < -0.39 is 0 Å².